The van der Waals surface area contributed by atoms with Crippen molar-refractivity contribution in [2.45, 2.75) is 39.2 Å². The minimum absolute atomic E-state index is 0.0721. The monoisotopic (exact) mass is 304 g/mol. The van der Waals surface area contributed by atoms with Crippen LogP contribution in [0.5, 0.6) is 0 Å². The number of nitrogens with zero attached hydrogens (tertiary/aromatic N) is 1. The summed E-state index contributed by atoms with van der Waals surface area (Å²) >= 11 is 0. The van der Waals surface area contributed by atoms with Crippen LogP contribution >= 0.6 is 0 Å². The number of hydrogen-bond donors (Lipinski definition) is 2. The molecule has 1 aliphatic carbocycles. The smallest absolute Gasteiger partial charge is 0.313 e. The number of aliphatic hydroxyl groups is 1. The molecule has 22 heavy (non-hydrogen) atoms. The fraction of sp³-hybridized carbons (Fsp3) is 0.529. The van der Waals surface area contributed by atoms with Crippen molar-refractivity contribution in [3.8, 4) is 0 Å². The summed E-state index contributed by atoms with van der Waals surface area (Å²) in [6.45, 7) is 4.29. The topological polar surface area (TPSA) is 69.6 Å². The van der Waals surface area contributed by atoms with Crippen molar-refractivity contribution >= 4 is 17.5 Å². The lowest BCUT2D eigenvalue weighted by atomic mass is 10.1. The Kier molecular flexibility index (Phi) is 5.19. The molecular formula is C17H24N2O3. The molecule has 0 saturated heterocycles. The molecule has 5 nitrogen and oxygen atoms in total. The SMILES string of the molecule is Cc1ccc(NC(=O)C(=O)N(C)CC2CCCC2O)c(C)c1. The Bertz CT molecular complexity index is 571. The van der Waals surface area contributed by atoms with Gasteiger partial charge in [0.2, 0.25) is 0 Å². The van der Waals surface area contributed by atoms with Crippen LogP contribution in [0, 0.1) is 19.8 Å². The van der Waals surface area contributed by atoms with Crippen LogP contribution in [0.1, 0.15) is 30.4 Å². The molecule has 2 N–H and O–H groups in total. The highest BCUT2D eigenvalue weighted by Crippen LogP contribution is 2.26. The van der Waals surface area contributed by atoms with Gasteiger partial charge in [0, 0.05) is 25.2 Å². The Morgan fingerprint density at radius 2 is 2.05 bits per heavy atom. The predicted molar refractivity (Wildman–Crippen MR) is 85.5 cm³/mol. The summed E-state index contributed by atoms with van der Waals surface area (Å²) in [5.74, 6) is -1.14. The zero-order chi connectivity index (χ0) is 16.3. The first kappa shape index (κ1) is 16.5. The van der Waals surface area contributed by atoms with E-state index in [1.165, 1.54) is 4.90 Å². The summed E-state index contributed by atoms with van der Waals surface area (Å²) in [5.41, 5.74) is 2.68. The van der Waals surface area contributed by atoms with E-state index in [9.17, 15) is 14.7 Å². The normalized spacial score (nSPS) is 20.7. The van der Waals surface area contributed by atoms with Gasteiger partial charge in [-0.3, -0.25) is 9.59 Å². The largest absolute Gasteiger partial charge is 0.393 e. The number of amides is 2. The zero-order valence-electron chi connectivity index (χ0n) is 13.4. The molecule has 1 fully saturated rings. The number of nitrogens with one attached hydrogen (secondary N) is 1. The summed E-state index contributed by atoms with van der Waals surface area (Å²) in [5, 5.41) is 12.5. The minimum Gasteiger partial charge on any atom is -0.393 e. The van der Waals surface area contributed by atoms with Crippen molar-refractivity contribution in [3.05, 3.63) is 29.3 Å². The van der Waals surface area contributed by atoms with E-state index in [4.69, 9.17) is 0 Å². The summed E-state index contributed by atoms with van der Waals surface area (Å²) in [4.78, 5) is 25.6. The lowest BCUT2D eigenvalue weighted by Crippen LogP contribution is -2.41. The summed E-state index contributed by atoms with van der Waals surface area (Å²) in [6.07, 6.45) is 2.29. The molecule has 120 valence electrons. The number of rotatable bonds is 3. The highest BCUT2D eigenvalue weighted by molar-refractivity contribution is 6.39. The quantitative estimate of drug-likeness (QED) is 0.838. The van der Waals surface area contributed by atoms with E-state index in [1.54, 1.807) is 13.1 Å². The second-order valence-electron chi connectivity index (χ2n) is 6.22. The van der Waals surface area contributed by atoms with Crippen molar-refractivity contribution < 1.29 is 14.7 Å². The van der Waals surface area contributed by atoms with Gasteiger partial charge in [-0.15, -0.1) is 0 Å². The second kappa shape index (κ2) is 6.92. The Hall–Kier alpha value is -1.88. The molecule has 0 spiro atoms. The van der Waals surface area contributed by atoms with Crippen molar-refractivity contribution in [1.29, 1.82) is 0 Å². The molecule has 1 aromatic rings. The van der Waals surface area contributed by atoms with Gasteiger partial charge in [-0.05, 0) is 38.3 Å². The van der Waals surface area contributed by atoms with Gasteiger partial charge >= 0.3 is 11.8 Å². The average molecular weight is 304 g/mol. The molecule has 2 amide bonds. The number of benzene rings is 1. The Balaban J connectivity index is 1.95. The third kappa shape index (κ3) is 3.85. The number of aliphatic hydroxyl groups excluding tert-OH is 1. The molecule has 0 aromatic heterocycles. The number of hydrogen-bond acceptors (Lipinski definition) is 3. The van der Waals surface area contributed by atoms with Crippen LogP contribution < -0.4 is 5.32 Å². The van der Waals surface area contributed by atoms with Gasteiger partial charge in [0.25, 0.3) is 0 Å². The van der Waals surface area contributed by atoms with Crippen LogP contribution in [0.4, 0.5) is 5.69 Å². The molecule has 2 atom stereocenters. The van der Waals surface area contributed by atoms with Crippen LogP contribution in [-0.2, 0) is 9.59 Å². The maximum absolute atomic E-state index is 12.2. The Morgan fingerprint density at radius 1 is 1.32 bits per heavy atom. The number of anilines is 1. The second-order valence-corrected chi connectivity index (χ2v) is 6.22. The maximum Gasteiger partial charge on any atom is 0.313 e. The zero-order valence-corrected chi connectivity index (χ0v) is 13.4. The molecule has 2 rings (SSSR count). The molecule has 1 saturated carbocycles. The standard InChI is InChI=1S/C17H24N2O3/c1-11-7-8-14(12(2)9-11)18-16(21)17(22)19(3)10-13-5-4-6-15(13)20/h7-9,13,15,20H,4-6,10H2,1-3H3,(H,18,21). The first-order valence-corrected chi connectivity index (χ1v) is 7.70. The molecule has 2 unspecified atom stereocenters. The van der Waals surface area contributed by atoms with Crippen LogP contribution in [0.2, 0.25) is 0 Å². The van der Waals surface area contributed by atoms with Gasteiger partial charge in [0.05, 0.1) is 6.10 Å². The lowest BCUT2D eigenvalue weighted by Gasteiger charge is -2.23. The molecular weight excluding hydrogens is 280 g/mol. The third-order valence-corrected chi connectivity index (χ3v) is 4.30. The summed E-state index contributed by atoms with van der Waals surface area (Å²) < 4.78 is 0. The van der Waals surface area contributed by atoms with E-state index in [0.29, 0.717) is 12.2 Å². The molecule has 0 heterocycles. The van der Waals surface area contributed by atoms with Gasteiger partial charge in [0.15, 0.2) is 0 Å². The highest BCUT2D eigenvalue weighted by Gasteiger charge is 2.29. The fourth-order valence-corrected chi connectivity index (χ4v) is 2.97. The first-order valence-electron chi connectivity index (χ1n) is 7.70. The van der Waals surface area contributed by atoms with E-state index in [-0.39, 0.29) is 12.0 Å². The molecule has 0 bridgehead atoms. The third-order valence-electron chi connectivity index (χ3n) is 4.30. The number of aryl methyl sites for hydroxylation is 2. The van der Waals surface area contributed by atoms with E-state index in [1.807, 2.05) is 26.0 Å². The van der Waals surface area contributed by atoms with E-state index >= 15 is 0 Å². The van der Waals surface area contributed by atoms with Crippen molar-refractivity contribution in [3.63, 3.8) is 0 Å². The lowest BCUT2D eigenvalue weighted by molar-refractivity contribution is -0.142. The van der Waals surface area contributed by atoms with Crippen molar-refractivity contribution in [1.82, 2.24) is 4.90 Å². The van der Waals surface area contributed by atoms with E-state index in [2.05, 4.69) is 5.32 Å². The van der Waals surface area contributed by atoms with E-state index < -0.39 is 11.8 Å². The summed E-state index contributed by atoms with van der Waals surface area (Å²) in [7, 11) is 1.61. The van der Waals surface area contributed by atoms with Crippen LogP contribution in [0.25, 0.3) is 0 Å². The van der Waals surface area contributed by atoms with Crippen LogP contribution in [0.15, 0.2) is 18.2 Å². The van der Waals surface area contributed by atoms with E-state index in [0.717, 1.165) is 30.4 Å². The molecule has 1 aromatic carbocycles. The van der Waals surface area contributed by atoms with Gasteiger partial charge < -0.3 is 15.3 Å². The fourth-order valence-electron chi connectivity index (χ4n) is 2.97. The van der Waals surface area contributed by atoms with Gasteiger partial charge in [0.1, 0.15) is 0 Å². The van der Waals surface area contributed by atoms with Gasteiger partial charge in [-0.2, -0.15) is 0 Å². The average Bonchev–Trinajstić information content (AvgIpc) is 2.86. The molecule has 5 heteroatoms. The van der Waals surface area contributed by atoms with Crippen molar-refractivity contribution in [2.75, 3.05) is 18.9 Å². The number of carbonyl (C=O) groups is 2. The predicted octanol–water partition coefficient (Wildman–Crippen LogP) is 1.86. The maximum atomic E-state index is 12.2. The Labute approximate surface area is 131 Å². The highest BCUT2D eigenvalue weighted by atomic mass is 16.3. The molecule has 0 aliphatic heterocycles. The first-order chi connectivity index (χ1) is 10.4. The molecule has 1 aliphatic rings. The van der Waals surface area contributed by atoms with Crippen LogP contribution in [0.3, 0.4) is 0 Å². The number of likely N-dealkylation sites (N-methyl/N-ethyl adjacent to an activating group) is 1. The summed E-state index contributed by atoms with van der Waals surface area (Å²) in [6, 6.07) is 5.65. The minimum atomic E-state index is -0.637. The van der Waals surface area contributed by atoms with Crippen molar-refractivity contribution in [2.24, 2.45) is 5.92 Å². The molecule has 0 radical (unpaired) electrons. The van der Waals surface area contributed by atoms with Gasteiger partial charge in [-0.1, -0.05) is 24.1 Å². The number of carbonyl (C=O) groups excluding carboxylic acids is 2. The van der Waals surface area contributed by atoms with Crippen LogP contribution in [-0.4, -0.2) is 41.5 Å². The van der Waals surface area contributed by atoms with Gasteiger partial charge in [-0.25, -0.2) is 0 Å². The Morgan fingerprint density at radius 3 is 2.64 bits per heavy atom.